The Hall–Kier alpha value is -0.0400. The molecular formula is C11H23N. The zero-order valence-corrected chi connectivity index (χ0v) is 8.98. The second-order valence-electron chi connectivity index (χ2n) is 4.73. The van der Waals surface area contributed by atoms with Crippen molar-refractivity contribution in [1.82, 2.24) is 5.32 Å². The van der Waals surface area contributed by atoms with Crippen LogP contribution in [0.25, 0.3) is 0 Å². The average Bonchev–Trinajstić information content (AvgIpc) is 2.69. The van der Waals surface area contributed by atoms with E-state index in [9.17, 15) is 0 Å². The molecule has 0 aromatic heterocycles. The molecule has 0 aromatic rings. The Morgan fingerprint density at radius 2 is 1.92 bits per heavy atom. The SMILES string of the molecule is CCCC(C)NC(C)C1(C)CC1. The highest BCUT2D eigenvalue weighted by molar-refractivity contribution is 4.97. The molecule has 1 fully saturated rings. The number of hydrogen-bond acceptors (Lipinski definition) is 1. The normalized spacial score (nSPS) is 25.0. The quantitative estimate of drug-likeness (QED) is 0.667. The minimum absolute atomic E-state index is 0.627. The van der Waals surface area contributed by atoms with Gasteiger partial charge in [0.25, 0.3) is 0 Å². The summed E-state index contributed by atoms with van der Waals surface area (Å²) in [6.07, 6.45) is 5.43. The van der Waals surface area contributed by atoms with E-state index in [4.69, 9.17) is 0 Å². The van der Waals surface area contributed by atoms with Gasteiger partial charge in [0.2, 0.25) is 0 Å². The lowest BCUT2D eigenvalue weighted by atomic mass is 9.99. The van der Waals surface area contributed by atoms with Crippen LogP contribution >= 0.6 is 0 Å². The molecule has 0 radical (unpaired) electrons. The van der Waals surface area contributed by atoms with E-state index in [1.807, 2.05) is 0 Å². The summed E-state index contributed by atoms with van der Waals surface area (Å²) >= 11 is 0. The van der Waals surface area contributed by atoms with E-state index in [1.165, 1.54) is 25.7 Å². The summed E-state index contributed by atoms with van der Waals surface area (Å²) in [5.74, 6) is 0. The summed E-state index contributed by atoms with van der Waals surface area (Å²) in [6, 6.07) is 1.40. The largest absolute Gasteiger partial charge is 0.311 e. The highest BCUT2D eigenvalue weighted by Crippen LogP contribution is 2.48. The van der Waals surface area contributed by atoms with Crippen molar-refractivity contribution in [3.8, 4) is 0 Å². The lowest BCUT2D eigenvalue weighted by Crippen LogP contribution is -2.39. The van der Waals surface area contributed by atoms with Crippen LogP contribution in [0.1, 0.15) is 53.4 Å². The zero-order valence-electron chi connectivity index (χ0n) is 8.98. The fourth-order valence-electron chi connectivity index (χ4n) is 1.77. The lowest BCUT2D eigenvalue weighted by Gasteiger charge is -2.24. The van der Waals surface area contributed by atoms with Crippen molar-refractivity contribution in [2.75, 3.05) is 0 Å². The standard InChI is InChI=1S/C11H23N/c1-5-6-9(2)12-10(3)11(4)7-8-11/h9-10,12H,5-8H2,1-4H3. The minimum Gasteiger partial charge on any atom is -0.311 e. The smallest absolute Gasteiger partial charge is 0.00950 e. The highest BCUT2D eigenvalue weighted by Gasteiger charge is 2.42. The van der Waals surface area contributed by atoms with Gasteiger partial charge < -0.3 is 5.32 Å². The Labute approximate surface area is 76.9 Å². The fourth-order valence-corrected chi connectivity index (χ4v) is 1.77. The van der Waals surface area contributed by atoms with Gasteiger partial charge in [-0.15, -0.1) is 0 Å². The molecule has 0 spiro atoms. The van der Waals surface area contributed by atoms with Crippen LogP contribution in [0.4, 0.5) is 0 Å². The van der Waals surface area contributed by atoms with Crippen LogP contribution in [-0.2, 0) is 0 Å². The molecule has 0 aliphatic heterocycles. The van der Waals surface area contributed by atoms with E-state index in [-0.39, 0.29) is 0 Å². The molecule has 2 atom stereocenters. The van der Waals surface area contributed by atoms with Crippen LogP contribution < -0.4 is 5.32 Å². The van der Waals surface area contributed by atoms with Gasteiger partial charge in [-0.25, -0.2) is 0 Å². The molecule has 1 N–H and O–H groups in total. The van der Waals surface area contributed by atoms with Gasteiger partial charge in [-0.05, 0) is 38.5 Å². The molecule has 1 nitrogen and oxygen atoms in total. The fraction of sp³-hybridized carbons (Fsp3) is 1.00. The Bertz CT molecular complexity index is 138. The Morgan fingerprint density at radius 3 is 2.33 bits per heavy atom. The Kier molecular flexibility index (Phi) is 3.16. The van der Waals surface area contributed by atoms with E-state index in [0.29, 0.717) is 17.5 Å². The van der Waals surface area contributed by atoms with Gasteiger partial charge in [0, 0.05) is 12.1 Å². The molecule has 0 bridgehead atoms. The first-order chi connectivity index (χ1) is 5.58. The molecular weight excluding hydrogens is 146 g/mol. The first-order valence-corrected chi connectivity index (χ1v) is 5.34. The van der Waals surface area contributed by atoms with E-state index in [2.05, 4.69) is 33.0 Å². The van der Waals surface area contributed by atoms with E-state index in [1.54, 1.807) is 0 Å². The minimum atomic E-state index is 0.627. The van der Waals surface area contributed by atoms with Crippen LogP contribution in [0.3, 0.4) is 0 Å². The van der Waals surface area contributed by atoms with Crippen LogP contribution in [0.15, 0.2) is 0 Å². The lowest BCUT2D eigenvalue weighted by molar-refractivity contribution is 0.338. The van der Waals surface area contributed by atoms with Crippen LogP contribution in [0.5, 0.6) is 0 Å². The summed E-state index contributed by atoms with van der Waals surface area (Å²) in [6.45, 7) is 9.27. The van der Waals surface area contributed by atoms with Crippen molar-refractivity contribution < 1.29 is 0 Å². The maximum absolute atomic E-state index is 3.68. The van der Waals surface area contributed by atoms with Crippen LogP contribution in [-0.4, -0.2) is 12.1 Å². The van der Waals surface area contributed by atoms with Gasteiger partial charge in [0.15, 0.2) is 0 Å². The summed E-state index contributed by atoms with van der Waals surface area (Å²) in [7, 11) is 0. The van der Waals surface area contributed by atoms with Crippen LogP contribution in [0, 0.1) is 5.41 Å². The molecule has 2 unspecified atom stereocenters. The molecule has 72 valence electrons. The Balaban J connectivity index is 2.21. The highest BCUT2D eigenvalue weighted by atomic mass is 15.0. The molecule has 1 rings (SSSR count). The van der Waals surface area contributed by atoms with E-state index < -0.39 is 0 Å². The summed E-state index contributed by atoms with van der Waals surface area (Å²) in [4.78, 5) is 0. The molecule has 0 saturated heterocycles. The number of rotatable bonds is 5. The molecule has 1 heteroatoms. The third-order valence-corrected chi connectivity index (χ3v) is 3.34. The van der Waals surface area contributed by atoms with Crippen LogP contribution in [0.2, 0.25) is 0 Å². The average molecular weight is 169 g/mol. The monoisotopic (exact) mass is 169 g/mol. The van der Waals surface area contributed by atoms with Crippen molar-refractivity contribution >= 4 is 0 Å². The molecule has 0 aromatic carbocycles. The summed E-state index contributed by atoms with van der Waals surface area (Å²) < 4.78 is 0. The van der Waals surface area contributed by atoms with E-state index >= 15 is 0 Å². The molecule has 0 amide bonds. The van der Waals surface area contributed by atoms with Crippen molar-refractivity contribution in [3.63, 3.8) is 0 Å². The van der Waals surface area contributed by atoms with Gasteiger partial charge in [0.05, 0.1) is 0 Å². The third kappa shape index (κ3) is 2.48. The van der Waals surface area contributed by atoms with Gasteiger partial charge in [-0.2, -0.15) is 0 Å². The van der Waals surface area contributed by atoms with Crippen molar-refractivity contribution in [2.24, 2.45) is 5.41 Å². The van der Waals surface area contributed by atoms with E-state index in [0.717, 1.165) is 0 Å². The van der Waals surface area contributed by atoms with Crippen molar-refractivity contribution in [1.29, 1.82) is 0 Å². The van der Waals surface area contributed by atoms with Gasteiger partial charge in [-0.3, -0.25) is 0 Å². The number of nitrogens with one attached hydrogen (secondary N) is 1. The van der Waals surface area contributed by atoms with Gasteiger partial charge in [-0.1, -0.05) is 20.3 Å². The van der Waals surface area contributed by atoms with Gasteiger partial charge >= 0.3 is 0 Å². The topological polar surface area (TPSA) is 12.0 Å². The molecule has 1 aliphatic rings. The third-order valence-electron chi connectivity index (χ3n) is 3.34. The molecule has 12 heavy (non-hydrogen) atoms. The first-order valence-electron chi connectivity index (χ1n) is 5.34. The van der Waals surface area contributed by atoms with Gasteiger partial charge in [0.1, 0.15) is 0 Å². The predicted octanol–water partition coefficient (Wildman–Crippen LogP) is 2.95. The second kappa shape index (κ2) is 3.78. The maximum Gasteiger partial charge on any atom is 0.00950 e. The summed E-state index contributed by atoms with van der Waals surface area (Å²) in [5, 5.41) is 3.68. The summed E-state index contributed by atoms with van der Waals surface area (Å²) in [5.41, 5.74) is 0.627. The maximum atomic E-state index is 3.68. The molecule has 1 aliphatic carbocycles. The predicted molar refractivity (Wildman–Crippen MR) is 54.3 cm³/mol. The first kappa shape index (κ1) is 10.0. The Morgan fingerprint density at radius 1 is 1.33 bits per heavy atom. The second-order valence-corrected chi connectivity index (χ2v) is 4.73. The van der Waals surface area contributed by atoms with Crippen molar-refractivity contribution in [2.45, 2.75) is 65.5 Å². The molecule has 1 saturated carbocycles. The molecule has 0 heterocycles. The number of hydrogen-bond donors (Lipinski definition) is 1. The van der Waals surface area contributed by atoms with Crippen molar-refractivity contribution in [3.05, 3.63) is 0 Å². The zero-order chi connectivity index (χ0) is 9.19.